The average Bonchev–Trinajstić information content (AvgIpc) is 2.91. The summed E-state index contributed by atoms with van der Waals surface area (Å²) in [5, 5.41) is 2.04. The van der Waals surface area contributed by atoms with Gasteiger partial charge in [-0.05, 0) is 12.8 Å². The van der Waals surface area contributed by atoms with Crippen molar-refractivity contribution in [3.63, 3.8) is 0 Å². The number of primary amides is 1. The molecule has 0 unspecified atom stereocenters. The third kappa shape index (κ3) is 6.51. The van der Waals surface area contributed by atoms with Crippen LogP contribution in [0.4, 0.5) is 4.79 Å². The number of imide groups is 1. The molecule has 20 heavy (non-hydrogen) atoms. The van der Waals surface area contributed by atoms with Crippen LogP contribution in [0, 0.1) is 0 Å². The molecule has 1 rings (SSSR count). The molecule has 6 nitrogen and oxygen atoms in total. The summed E-state index contributed by atoms with van der Waals surface area (Å²) in [6.07, 6.45) is 8.49. The summed E-state index contributed by atoms with van der Waals surface area (Å²) in [5.41, 5.74) is 4.81. The normalized spacial score (nSPS) is 10.2. The predicted octanol–water partition coefficient (Wildman–Crippen LogP) is 2.20. The molecule has 0 radical (unpaired) electrons. The molecule has 0 atom stereocenters. The summed E-state index contributed by atoms with van der Waals surface area (Å²) >= 11 is 3.26. The zero-order valence-electron chi connectivity index (χ0n) is 11.8. The van der Waals surface area contributed by atoms with Crippen molar-refractivity contribution in [3.05, 3.63) is 31.4 Å². The van der Waals surface area contributed by atoms with Gasteiger partial charge in [-0.3, -0.25) is 10.1 Å². The van der Waals surface area contributed by atoms with Crippen LogP contribution in [0.25, 0.3) is 0 Å². The Kier molecular flexibility index (Phi) is 8.54. The Hall–Kier alpha value is -1.63. The first-order chi connectivity index (χ1) is 9.39. The number of allylic oxidation sites excluding steroid dienone is 1. The molecule has 3 N–H and O–H groups in total. The second-order valence-electron chi connectivity index (χ2n) is 4.04. The van der Waals surface area contributed by atoms with Crippen LogP contribution in [0.5, 0.6) is 0 Å². The molecule has 0 aliphatic heterocycles. The number of alkyl halides is 1. The molecular formula is C13H21BrN4O2. The molecule has 1 heterocycles. The molecule has 0 saturated heterocycles. The lowest BCUT2D eigenvalue weighted by Gasteiger charge is -2.21. The van der Waals surface area contributed by atoms with E-state index in [2.05, 4.69) is 27.5 Å². The minimum absolute atomic E-state index is 0.375. The maximum atomic E-state index is 11.3. The van der Waals surface area contributed by atoms with Crippen molar-refractivity contribution >= 4 is 27.9 Å². The maximum Gasteiger partial charge on any atom is 0.318 e. The number of nitrogens with one attached hydrogen (secondary N) is 1. The minimum atomic E-state index is -0.814. The minimum Gasteiger partial charge on any atom is -0.351 e. The smallest absolute Gasteiger partial charge is 0.318 e. The lowest BCUT2D eigenvalue weighted by atomic mass is 10.0. The van der Waals surface area contributed by atoms with Crippen molar-refractivity contribution in [2.75, 3.05) is 0 Å². The standard InChI is InChI=1S/C7H13BrN2O2.C6H8N2/c1-3-7(8,4-2)5(11)10-6(9)12;1-2-4-8-5-3-7-6-8/h3-4H2,1-2H3,(H3,9,10,11,12);2-3,5-6H,1,4H2. The molecule has 0 bridgehead atoms. The van der Waals surface area contributed by atoms with Gasteiger partial charge in [-0.2, -0.15) is 0 Å². The van der Waals surface area contributed by atoms with Crippen LogP contribution in [0.1, 0.15) is 26.7 Å². The van der Waals surface area contributed by atoms with Crippen molar-refractivity contribution in [1.82, 2.24) is 14.9 Å². The van der Waals surface area contributed by atoms with Crippen LogP contribution in [-0.2, 0) is 11.3 Å². The summed E-state index contributed by atoms with van der Waals surface area (Å²) in [6, 6.07) is -0.814. The van der Waals surface area contributed by atoms with Crippen LogP contribution in [0.3, 0.4) is 0 Å². The number of hydrogen-bond donors (Lipinski definition) is 2. The molecule has 1 aromatic heterocycles. The Balaban J connectivity index is 0.000000388. The molecule has 0 fully saturated rings. The first-order valence-electron chi connectivity index (χ1n) is 6.26. The lowest BCUT2D eigenvalue weighted by molar-refractivity contribution is -0.122. The average molecular weight is 345 g/mol. The van der Waals surface area contributed by atoms with Gasteiger partial charge in [-0.25, -0.2) is 9.78 Å². The van der Waals surface area contributed by atoms with E-state index >= 15 is 0 Å². The monoisotopic (exact) mass is 344 g/mol. The van der Waals surface area contributed by atoms with E-state index in [0.717, 1.165) is 6.54 Å². The first kappa shape index (κ1) is 18.4. The van der Waals surface area contributed by atoms with Crippen molar-refractivity contribution in [2.24, 2.45) is 5.73 Å². The molecule has 0 aliphatic carbocycles. The highest BCUT2D eigenvalue weighted by Crippen LogP contribution is 2.26. The quantitative estimate of drug-likeness (QED) is 0.633. The number of imidazole rings is 1. The lowest BCUT2D eigenvalue weighted by Crippen LogP contribution is -2.46. The van der Waals surface area contributed by atoms with E-state index in [4.69, 9.17) is 5.73 Å². The Morgan fingerprint density at radius 1 is 1.50 bits per heavy atom. The van der Waals surface area contributed by atoms with E-state index in [1.807, 2.05) is 36.0 Å². The molecular weight excluding hydrogens is 324 g/mol. The number of aromatic nitrogens is 2. The number of halogens is 1. The molecule has 3 amide bonds. The number of amides is 3. The molecule has 0 spiro atoms. The Labute approximate surface area is 127 Å². The Morgan fingerprint density at radius 2 is 2.10 bits per heavy atom. The number of nitrogens with zero attached hydrogens (tertiary/aromatic N) is 2. The second kappa shape index (κ2) is 9.30. The third-order valence-electron chi connectivity index (χ3n) is 2.66. The van der Waals surface area contributed by atoms with Crippen LogP contribution in [0.15, 0.2) is 31.4 Å². The Bertz CT molecular complexity index is 428. The highest BCUT2D eigenvalue weighted by molar-refractivity contribution is 9.10. The van der Waals surface area contributed by atoms with Crippen molar-refractivity contribution in [1.29, 1.82) is 0 Å². The van der Waals surface area contributed by atoms with Gasteiger partial charge in [0.15, 0.2) is 0 Å². The van der Waals surface area contributed by atoms with Gasteiger partial charge in [0.25, 0.3) is 0 Å². The van der Waals surface area contributed by atoms with Crippen LogP contribution in [-0.4, -0.2) is 25.8 Å². The van der Waals surface area contributed by atoms with Gasteiger partial charge in [-0.1, -0.05) is 35.9 Å². The van der Waals surface area contributed by atoms with Gasteiger partial charge < -0.3 is 10.3 Å². The highest BCUT2D eigenvalue weighted by Gasteiger charge is 2.32. The zero-order chi connectivity index (χ0) is 15.6. The SMILES string of the molecule is C=CCn1ccnc1.CCC(Br)(CC)C(=O)NC(N)=O. The number of rotatable bonds is 5. The second-order valence-corrected chi connectivity index (χ2v) is 5.56. The zero-order valence-corrected chi connectivity index (χ0v) is 13.4. The van der Waals surface area contributed by atoms with Crippen molar-refractivity contribution in [2.45, 2.75) is 37.6 Å². The highest BCUT2D eigenvalue weighted by atomic mass is 79.9. The summed E-state index contributed by atoms with van der Waals surface area (Å²) in [4.78, 5) is 25.5. The van der Waals surface area contributed by atoms with E-state index in [1.54, 1.807) is 12.5 Å². The number of hydrogen-bond acceptors (Lipinski definition) is 3. The number of carbonyl (C=O) groups excluding carboxylic acids is 2. The molecule has 7 heteroatoms. The van der Waals surface area contributed by atoms with Crippen LogP contribution >= 0.6 is 15.9 Å². The van der Waals surface area contributed by atoms with E-state index in [-0.39, 0.29) is 5.91 Å². The summed E-state index contributed by atoms with van der Waals surface area (Å²) in [5.74, 6) is -0.375. The van der Waals surface area contributed by atoms with E-state index in [1.165, 1.54) is 0 Å². The Morgan fingerprint density at radius 3 is 2.45 bits per heavy atom. The number of urea groups is 1. The van der Waals surface area contributed by atoms with Crippen molar-refractivity contribution < 1.29 is 9.59 Å². The molecule has 0 aliphatic rings. The molecule has 1 aromatic rings. The van der Waals surface area contributed by atoms with Crippen LogP contribution < -0.4 is 11.1 Å². The predicted molar refractivity (Wildman–Crippen MR) is 82.4 cm³/mol. The third-order valence-corrected chi connectivity index (χ3v) is 4.15. The molecule has 0 aromatic carbocycles. The van der Waals surface area contributed by atoms with Gasteiger partial charge in [0.1, 0.15) is 4.32 Å². The van der Waals surface area contributed by atoms with Crippen LogP contribution in [0.2, 0.25) is 0 Å². The summed E-state index contributed by atoms with van der Waals surface area (Å²) in [7, 11) is 0. The fourth-order valence-electron chi connectivity index (χ4n) is 1.34. The number of carbonyl (C=O) groups is 2. The van der Waals surface area contributed by atoms with E-state index < -0.39 is 10.4 Å². The largest absolute Gasteiger partial charge is 0.351 e. The van der Waals surface area contributed by atoms with E-state index in [9.17, 15) is 9.59 Å². The fourth-order valence-corrected chi connectivity index (χ4v) is 1.44. The van der Waals surface area contributed by atoms with Crippen molar-refractivity contribution in [3.8, 4) is 0 Å². The first-order valence-corrected chi connectivity index (χ1v) is 7.05. The topological polar surface area (TPSA) is 90.0 Å². The van der Waals surface area contributed by atoms with Gasteiger partial charge in [0.2, 0.25) is 5.91 Å². The van der Waals surface area contributed by atoms with E-state index in [0.29, 0.717) is 12.8 Å². The molecule has 112 valence electrons. The molecule has 0 saturated carbocycles. The summed E-state index contributed by atoms with van der Waals surface area (Å²) in [6.45, 7) is 8.15. The van der Waals surface area contributed by atoms with Gasteiger partial charge >= 0.3 is 6.03 Å². The summed E-state index contributed by atoms with van der Waals surface area (Å²) < 4.78 is 1.29. The fraction of sp³-hybridized carbons (Fsp3) is 0.462. The van der Waals surface area contributed by atoms with Gasteiger partial charge in [0, 0.05) is 18.9 Å². The van der Waals surface area contributed by atoms with Gasteiger partial charge in [0.05, 0.1) is 6.33 Å². The maximum absolute atomic E-state index is 11.3. The number of nitrogens with two attached hydrogens (primary N) is 1. The van der Waals surface area contributed by atoms with Gasteiger partial charge in [-0.15, -0.1) is 6.58 Å².